The molecule has 1 rings (SSSR count). The first-order valence-corrected chi connectivity index (χ1v) is 6.80. The van der Waals surface area contributed by atoms with Gasteiger partial charge in [-0.2, -0.15) is 13.2 Å². The van der Waals surface area contributed by atoms with E-state index in [1.165, 1.54) is 18.2 Å². The number of hydrogen-bond donors (Lipinski definition) is 2. The monoisotopic (exact) mass is 303 g/mol. The maximum atomic E-state index is 12.8. The quantitative estimate of drug-likeness (QED) is 0.849. The third kappa shape index (κ3) is 6.16. The number of halogens is 3. The smallest absolute Gasteiger partial charge is 0.393 e. The lowest BCUT2D eigenvalue weighted by molar-refractivity contribution is -0.138. The van der Waals surface area contributed by atoms with Gasteiger partial charge in [-0.25, -0.2) is 0 Å². The molecule has 0 aliphatic heterocycles. The fourth-order valence-corrected chi connectivity index (χ4v) is 2.14. The van der Waals surface area contributed by atoms with Crippen LogP contribution in [-0.2, 0) is 17.4 Å². The minimum Gasteiger partial charge on any atom is -0.393 e. The molecular formula is C15H20F3NO2. The average Bonchev–Trinajstić information content (AvgIpc) is 2.35. The highest BCUT2D eigenvalue weighted by Gasteiger charge is 2.33. The molecule has 0 aromatic heterocycles. The predicted molar refractivity (Wildman–Crippen MR) is 73.6 cm³/mol. The van der Waals surface area contributed by atoms with Crippen molar-refractivity contribution in [2.75, 3.05) is 6.54 Å². The lowest BCUT2D eigenvalue weighted by Crippen LogP contribution is -2.31. The maximum Gasteiger partial charge on any atom is 0.416 e. The molecule has 0 heterocycles. The Morgan fingerprint density at radius 2 is 1.90 bits per heavy atom. The van der Waals surface area contributed by atoms with Crippen LogP contribution < -0.4 is 5.32 Å². The molecule has 0 radical (unpaired) electrons. The van der Waals surface area contributed by atoms with Crippen LogP contribution in [0.3, 0.4) is 0 Å². The number of aliphatic hydroxyl groups is 1. The first kappa shape index (κ1) is 17.5. The zero-order valence-electron chi connectivity index (χ0n) is 12.1. The minimum absolute atomic E-state index is 0.0364. The van der Waals surface area contributed by atoms with Crippen molar-refractivity contribution in [3.05, 3.63) is 35.4 Å². The maximum absolute atomic E-state index is 12.8. The molecule has 0 spiro atoms. The highest BCUT2D eigenvalue weighted by Crippen LogP contribution is 2.31. The topological polar surface area (TPSA) is 49.3 Å². The zero-order chi connectivity index (χ0) is 16.0. The molecule has 2 N–H and O–H groups in total. The summed E-state index contributed by atoms with van der Waals surface area (Å²) in [4.78, 5) is 11.7. The number of carbonyl (C=O) groups is 1. The van der Waals surface area contributed by atoms with Gasteiger partial charge in [0.1, 0.15) is 0 Å². The van der Waals surface area contributed by atoms with Crippen LogP contribution in [0.1, 0.15) is 31.4 Å². The summed E-state index contributed by atoms with van der Waals surface area (Å²) < 4.78 is 38.4. The van der Waals surface area contributed by atoms with Crippen molar-refractivity contribution >= 4 is 5.91 Å². The Labute approximate surface area is 122 Å². The first-order chi connectivity index (χ1) is 9.70. The number of alkyl halides is 3. The Kier molecular flexibility index (Phi) is 6.20. The number of rotatable bonds is 6. The van der Waals surface area contributed by atoms with Crippen molar-refractivity contribution in [1.29, 1.82) is 0 Å². The number of nitrogens with one attached hydrogen (secondary N) is 1. The van der Waals surface area contributed by atoms with Crippen LogP contribution in [0.15, 0.2) is 24.3 Å². The summed E-state index contributed by atoms with van der Waals surface area (Å²) >= 11 is 0. The number of carbonyl (C=O) groups excluding carboxylic acids is 1. The molecule has 0 aliphatic rings. The van der Waals surface area contributed by atoms with Crippen molar-refractivity contribution < 1.29 is 23.1 Å². The van der Waals surface area contributed by atoms with Gasteiger partial charge in [0.05, 0.1) is 18.1 Å². The second kappa shape index (κ2) is 7.45. The summed E-state index contributed by atoms with van der Waals surface area (Å²) in [7, 11) is 0. The molecule has 2 unspecified atom stereocenters. The molecule has 0 fully saturated rings. The molecule has 0 aliphatic carbocycles. The second-order valence-corrected chi connectivity index (χ2v) is 5.33. The lowest BCUT2D eigenvalue weighted by atomic mass is 10.0. The van der Waals surface area contributed by atoms with E-state index in [4.69, 9.17) is 0 Å². The Morgan fingerprint density at radius 1 is 1.29 bits per heavy atom. The largest absolute Gasteiger partial charge is 0.416 e. The lowest BCUT2D eigenvalue weighted by Gasteiger charge is -2.15. The van der Waals surface area contributed by atoms with Gasteiger partial charge in [0, 0.05) is 6.54 Å². The third-order valence-electron chi connectivity index (χ3n) is 3.06. The van der Waals surface area contributed by atoms with Crippen molar-refractivity contribution in [3.8, 4) is 0 Å². The number of hydrogen-bond acceptors (Lipinski definition) is 2. The fourth-order valence-electron chi connectivity index (χ4n) is 2.14. The average molecular weight is 303 g/mol. The molecule has 1 aromatic rings. The molecule has 0 saturated heterocycles. The summed E-state index contributed by atoms with van der Waals surface area (Å²) in [5, 5.41) is 11.8. The summed E-state index contributed by atoms with van der Waals surface area (Å²) in [5.74, 6) is -0.393. The highest BCUT2D eigenvalue weighted by molar-refractivity contribution is 5.79. The normalized spacial score (nSPS) is 14.6. The SMILES string of the molecule is CC(O)CC(C)CNC(=O)Cc1ccccc1C(F)(F)F. The first-order valence-electron chi connectivity index (χ1n) is 6.80. The Morgan fingerprint density at radius 3 is 2.48 bits per heavy atom. The number of benzene rings is 1. The van der Waals surface area contributed by atoms with Gasteiger partial charge in [-0.1, -0.05) is 25.1 Å². The fraction of sp³-hybridized carbons (Fsp3) is 0.533. The van der Waals surface area contributed by atoms with E-state index in [1.54, 1.807) is 6.92 Å². The van der Waals surface area contributed by atoms with Crippen molar-refractivity contribution in [3.63, 3.8) is 0 Å². The van der Waals surface area contributed by atoms with Crippen molar-refractivity contribution in [1.82, 2.24) is 5.32 Å². The number of aliphatic hydroxyl groups excluding tert-OH is 1. The molecular weight excluding hydrogens is 283 g/mol. The van der Waals surface area contributed by atoms with E-state index in [0.29, 0.717) is 13.0 Å². The molecule has 6 heteroatoms. The van der Waals surface area contributed by atoms with E-state index in [2.05, 4.69) is 5.32 Å². The second-order valence-electron chi connectivity index (χ2n) is 5.33. The Hall–Kier alpha value is -1.56. The van der Waals surface area contributed by atoms with Gasteiger partial charge in [-0.05, 0) is 30.9 Å². The van der Waals surface area contributed by atoms with Gasteiger partial charge >= 0.3 is 6.18 Å². The zero-order valence-corrected chi connectivity index (χ0v) is 12.1. The molecule has 21 heavy (non-hydrogen) atoms. The molecule has 1 aromatic carbocycles. The van der Waals surface area contributed by atoms with E-state index < -0.39 is 23.8 Å². The van der Waals surface area contributed by atoms with Gasteiger partial charge in [0.2, 0.25) is 5.91 Å². The molecule has 3 nitrogen and oxygen atoms in total. The van der Waals surface area contributed by atoms with Gasteiger partial charge < -0.3 is 10.4 Å². The predicted octanol–water partition coefficient (Wildman–Crippen LogP) is 2.77. The van der Waals surface area contributed by atoms with Gasteiger partial charge in [0.15, 0.2) is 0 Å². The summed E-state index contributed by atoms with van der Waals surface area (Å²) in [6.45, 7) is 3.84. The van der Waals surface area contributed by atoms with Gasteiger partial charge in [0.25, 0.3) is 0 Å². The number of amides is 1. The van der Waals surface area contributed by atoms with Crippen molar-refractivity contribution in [2.45, 2.75) is 39.0 Å². The molecule has 2 atom stereocenters. The van der Waals surface area contributed by atoms with Gasteiger partial charge in [-0.15, -0.1) is 0 Å². The van der Waals surface area contributed by atoms with Crippen LogP contribution >= 0.6 is 0 Å². The summed E-state index contributed by atoms with van der Waals surface area (Å²) in [6, 6.07) is 5.06. The summed E-state index contributed by atoms with van der Waals surface area (Å²) in [5.41, 5.74) is -0.817. The standard InChI is InChI=1S/C15H20F3NO2/c1-10(7-11(2)20)9-19-14(21)8-12-5-3-4-6-13(12)15(16,17)18/h3-6,10-11,20H,7-9H2,1-2H3,(H,19,21). The highest BCUT2D eigenvalue weighted by atomic mass is 19.4. The molecule has 0 saturated carbocycles. The van der Waals surface area contributed by atoms with Crippen LogP contribution in [-0.4, -0.2) is 23.7 Å². The van der Waals surface area contributed by atoms with Crippen LogP contribution in [0.25, 0.3) is 0 Å². The van der Waals surface area contributed by atoms with E-state index in [-0.39, 0.29) is 17.9 Å². The van der Waals surface area contributed by atoms with E-state index in [0.717, 1.165) is 6.07 Å². The van der Waals surface area contributed by atoms with Crippen LogP contribution in [0.4, 0.5) is 13.2 Å². The summed E-state index contributed by atoms with van der Waals surface area (Å²) in [6.07, 6.45) is -4.71. The van der Waals surface area contributed by atoms with E-state index >= 15 is 0 Å². The van der Waals surface area contributed by atoms with Crippen molar-refractivity contribution in [2.24, 2.45) is 5.92 Å². The van der Waals surface area contributed by atoms with E-state index in [1.807, 2.05) is 6.92 Å². The van der Waals surface area contributed by atoms with Crippen LogP contribution in [0.2, 0.25) is 0 Å². The third-order valence-corrected chi connectivity index (χ3v) is 3.06. The van der Waals surface area contributed by atoms with E-state index in [9.17, 15) is 23.1 Å². The minimum atomic E-state index is -4.46. The molecule has 0 bridgehead atoms. The van der Waals surface area contributed by atoms with Gasteiger partial charge in [-0.3, -0.25) is 4.79 Å². The molecule has 118 valence electrons. The Bertz CT molecular complexity index is 472. The van der Waals surface area contributed by atoms with Crippen LogP contribution in [0, 0.1) is 5.92 Å². The Balaban J connectivity index is 2.60. The molecule has 1 amide bonds. The van der Waals surface area contributed by atoms with Crippen LogP contribution in [0.5, 0.6) is 0 Å².